The van der Waals surface area contributed by atoms with Gasteiger partial charge in [-0.3, -0.25) is 0 Å². The highest BCUT2D eigenvalue weighted by molar-refractivity contribution is 7.08. The highest BCUT2D eigenvalue weighted by Gasteiger charge is 2.13. The van der Waals surface area contributed by atoms with Crippen molar-refractivity contribution in [3.05, 3.63) is 70.1 Å². The number of benzene rings is 2. The van der Waals surface area contributed by atoms with Crippen LogP contribution >= 0.6 is 22.7 Å². The summed E-state index contributed by atoms with van der Waals surface area (Å²) in [6.07, 6.45) is 1.71. The van der Waals surface area contributed by atoms with E-state index in [1.807, 2.05) is 66.2 Å². The van der Waals surface area contributed by atoms with Crippen molar-refractivity contribution < 1.29 is 24.1 Å². The number of para-hydroxylation sites is 2. The highest BCUT2D eigenvalue weighted by atomic mass is 32.1. The van der Waals surface area contributed by atoms with Crippen LogP contribution in [-0.2, 0) is 4.74 Å². The minimum absolute atomic E-state index is 0.235. The van der Waals surface area contributed by atoms with Gasteiger partial charge in [0.25, 0.3) is 0 Å². The molecule has 7 heteroatoms. The Kier molecular flexibility index (Phi) is 8.84. The SMILES string of the molecule is CCOCOc1cscc1-c1ccccc1OCCCCOc1ccccc1-c1cscc1O. The summed E-state index contributed by atoms with van der Waals surface area (Å²) in [6.45, 7) is 3.96. The van der Waals surface area contributed by atoms with Crippen LogP contribution in [-0.4, -0.2) is 31.7 Å². The first-order valence-corrected chi connectivity index (χ1v) is 13.1. The van der Waals surface area contributed by atoms with E-state index in [1.165, 1.54) is 11.3 Å². The fraction of sp³-hybridized carbons (Fsp3) is 0.259. The molecule has 0 saturated heterocycles. The molecule has 4 rings (SSSR count). The van der Waals surface area contributed by atoms with Crippen LogP contribution < -0.4 is 14.2 Å². The molecule has 0 unspecified atom stereocenters. The Morgan fingerprint density at radius 2 is 1.24 bits per heavy atom. The maximum atomic E-state index is 10.1. The lowest BCUT2D eigenvalue weighted by atomic mass is 10.1. The van der Waals surface area contributed by atoms with E-state index in [1.54, 1.807) is 16.7 Å². The van der Waals surface area contributed by atoms with E-state index in [-0.39, 0.29) is 12.5 Å². The summed E-state index contributed by atoms with van der Waals surface area (Å²) >= 11 is 3.07. The second-order valence-electron chi connectivity index (χ2n) is 7.47. The van der Waals surface area contributed by atoms with Crippen LogP contribution in [0.15, 0.2) is 70.1 Å². The zero-order chi connectivity index (χ0) is 23.6. The third-order valence-corrected chi connectivity index (χ3v) is 6.63. The zero-order valence-corrected chi connectivity index (χ0v) is 20.7. The predicted molar refractivity (Wildman–Crippen MR) is 139 cm³/mol. The lowest BCUT2D eigenvalue weighted by molar-refractivity contribution is 0.0230. The van der Waals surface area contributed by atoms with Gasteiger partial charge in [-0.05, 0) is 31.9 Å². The first kappa shape index (κ1) is 24.1. The molecule has 1 N–H and O–H groups in total. The van der Waals surface area contributed by atoms with Gasteiger partial charge < -0.3 is 24.1 Å². The molecule has 0 bridgehead atoms. The summed E-state index contributed by atoms with van der Waals surface area (Å²) in [4.78, 5) is 0. The molecule has 34 heavy (non-hydrogen) atoms. The summed E-state index contributed by atoms with van der Waals surface area (Å²) in [5.41, 5.74) is 3.73. The van der Waals surface area contributed by atoms with Crippen molar-refractivity contribution in [2.75, 3.05) is 26.6 Å². The largest absolute Gasteiger partial charge is 0.506 e. The van der Waals surface area contributed by atoms with Gasteiger partial charge in [-0.1, -0.05) is 36.4 Å². The molecule has 4 aromatic rings. The smallest absolute Gasteiger partial charge is 0.189 e. The Bertz CT molecular complexity index is 1170. The van der Waals surface area contributed by atoms with Gasteiger partial charge in [0.2, 0.25) is 0 Å². The van der Waals surface area contributed by atoms with Gasteiger partial charge >= 0.3 is 0 Å². The molecule has 2 aromatic carbocycles. The molecule has 0 aliphatic heterocycles. The molecule has 0 aliphatic rings. The van der Waals surface area contributed by atoms with Gasteiger partial charge in [-0.25, -0.2) is 0 Å². The quantitative estimate of drug-likeness (QED) is 0.154. The second-order valence-corrected chi connectivity index (χ2v) is 8.96. The Labute approximate surface area is 208 Å². The van der Waals surface area contributed by atoms with Crippen LogP contribution in [0.1, 0.15) is 19.8 Å². The molecule has 5 nitrogen and oxygen atoms in total. The van der Waals surface area contributed by atoms with Crippen LogP contribution in [0.5, 0.6) is 23.0 Å². The molecular formula is C27H28O5S2. The van der Waals surface area contributed by atoms with E-state index in [2.05, 4.69) is 5.38 Å². The molecule has 0 atom stereocenters. The van der Waals surface area contributed by atoms with Crippen LogP contribution in [0.25, 0.3) is 22.3 Å². The zero-order valence-electron chi connectivity index (χ0n) is 19.1. The molecule has 0 radical (unpaired) electrons. The van der Waals surface area contributed by atoms with E-state index in [9.17, 15) is 5.11 Å². The van der Waals surface area contributed by atoms with Crippen molar-refractivity contribution in [1.29, 1.82) is 0 Å². The van der Waals surface area contributed by atoms with Gasteiger partial charge in [-0.15, -0.1) is 22.7 Å². The van der Waals surface area contributed by atoms with E-state index in [0.29, 0.717) is 19.8 Å². The van der Waals surface area contributed by atoms with Crippen LogP contribution in [0.4, 0.5) is 0 Å². The van der Waals surface area contributed by atoms with Crippen LogP contribution in [0, 0.1) is 0 Å². The number of ether oxygens (including phenoxy) is 4. The second kappa shape index (κ2) is 12.5. The molecule has 178 valence electrons. The number of rotatable bonds is 13. The van der Waals surface area contributed by atoms with E-state index in [4.69, 9.17) is 18.9 Å². The standard InChI is InChI=1S/C27H28O5S2/c1-2-29-19-32-27-18-34-16-23(27)21-10-4-6-12-26(21)31-14-8-7-13-30-25-11-5-3-9-20(25)22-15-33-17-24(22)28/h3-6,9-12,15-18,28H,2,7-8,13-14,19H2,1H3. The first-order chi connectivity index (χ1) is 16.8. The third-order valence-electron chi connectivity index (χ3n) is 5.18. The summed E-state index contributed by atoms with van der Waals surface area (Å²) < 4.78 is 23.2. The van der Waals surface area contributed by atoms with Crippen molar-refractivity contribution in [3.63, 3.8) is 0 Å². The molecule has 0 aliphatic carbocycles. The van der Waals surface area contributed by atoms with Crippen molar-refractivity contribution in [3.8, 4) is 45.3 Å². The van der Waals surface area contributed by atoms with Gasteiger partial charge in [0.15, 0.2) is 6.79 Å². The van der Waals surface area contributed by atoms with Crippen LogP contribution in [0.2, 0.25) is 0 Å². The maximum absolute atomic E-state index is 10.1. The number of hydrogen-bond donors (Lipinski definition) is 1. The van der Waals surface area contributed by atoms with Gasteiger partial charge in [0, 0.05) is 50.4 Å². The lowest BCUT2D eigenvalue weighted by Crippen LogP contribution is -2.04. The fourth-order valence-electron chi connectivity index (χ4n) is 3.47. The van der Waals surface area contributed by atoms with E-state index >= 15 is 0 Å². The Morgan fingerprint density at radius 3 is 1.85 bits per heavy atom. The summed E-state index contributed by atoms with van der Waals surface area (Å²) in [5.74, 6) is 2.70. The Balaban J connectivity index is 1.29. The minimum Gasteiger partial charge on any atom is -0.506 e. The number of thiophene rings is 2. The average Bonchev–Trinajstić information content (AvgIpc) is 3.51. The van der Waals surface area contributed by atoms with E-state index in [0.717, 1.165) is 52.3 Å². The lowest BCUT2D eigenvalue weighted by Gasteiger charge is -2.13. The van der Waals surface area contributed by atoms with Gasteiger partial charge in [0.05, 0.1) is 13.2 Å². The van der Waals surface area contributed by atoms with Crippen LogP contribution in [0.3, 0.4) is 0 Å². The Morgan fingerprint density at radius 1 is 0.647 bits per heavy atom. The van der Waals surface area contributed by atoms with E-state index < -0.39 is 0 Å². The minimum atomic E-state index is 0.235. The van der Waals surface area contributed by atoms with Crippen molar-refractivity contribution in [1.82, 2.24) is 0 Å². The Hall–Kier alpha value is -3.00. The normalized spacial score (nSPS) is 10.9. The average molecular weight is 497 g/mol. The maximum Gasteiger partial charge on any atom is 0.189 e. The molecule has 2 aromatic heterocycles. The number of aromatic hydroxyl groups is 1. The summed E-state index contributed by atoms with van der Waals surface area (Å²) in [6, 6.07) is 15.8. The van der Waals surface area contributed by atoms with Gasteiger partial charge in [0.1, 0.15) is 23.0 Å². The highest BCUT2D eigenvalue weighted by Crippen LogP contribution is 2.39. The molecular weight excluding hydrogens is 468 g/mol. The molecule has 0 fully saturated rings. The van der Waals surface area contributed by atoms with Gasteiger partial charge in [-0.2, -0.15) is 0 Å². The van der Waals surface area contributed by atoms with Crippen molar-refractivity contribution in [2.45, 2.75) is 19.8 Å². The first-order valence-electron chi connectivity index (χ1n) is 11.2. The van der Waals surface area contributed by atoms with Crippen molar-refractivity contribution >= 4 is 22.7 Å². The molecule has 2 heterocycles. The number of unbranched alkanes of at least 4 members (excludes halogenated alkanes) is 1. The third kappa shape index (κ3) is 6.11. The topological polar surface area (TPSA) is 57.2 Å². The summed E-state index contributed by atoms with van der Waals surface area (Å²) in [7, 11) is 0. The summed E-state index contributed by atoms with van der Waals surface area (Å²) in [5, 5.41) is 17.8. The predicted octanol–water partition coefficient (Wildman–Crippen LogP) is 7.46. The molecule has 0 saturated carbocycles. The fourth-order valence-corrected chi connectivity index (χ4v) is 4.95. The van der Waals surface area contributed by atoms with Crippen molar-refractivity contribution in [2.24, 2.45) is 0 Å². The monoisotopic (exact) mass is 496 g/mol. The number of hydrogen-bond acceptors (Lipinski definition) is 7. The molecule has 0 spiro atoms. The molecule has 0 amide bonds.